The highest BCUT2D eigenvalue weighted by Crippen LogP contribution is 2.17. The molecule has 162 valence electrons. The van der Waals surface area contributed by atoms with Crippen LogP contribution < -0.4 is 10.6 Å². The minimum absolute atomic E-state index is 0. The molecule has 1 saturated heterocycles. The number of nitro benzene ring substituents is 1. The molecule has 1 aliphatic heterocycles. The van der Waals surface area contributed by atoms with Gasteiger partial charge in [0.1, 0.15) is 0 Å². The lowest BCUT2D eigenvalue weighted by atomic mass is 10.1. The van der Waals surface area contributed by atoms with E-state index in [0.29, 0.717) is 23.4 Å². The van der Waals surface area contributed by atoms with Gasteiger partial charge in [0.2, 0.25) is 0 Å². The van der Waals surface area contributed by atoms with Crippen LogP contribution in [0, 0.1) is 16.0 Å². The van der Waals surface area contributed by atoms with Gasteiger partial charge in [-0.05, 0) is 36.6 Å². The SMILES string of the molecule is CC(NC(=NCc1ccc([N+](=O)[O-])cc1)NCC1CCOC1)c1ccc(Cl)cc1.I. The smallest absolute Gasteiger partial charge is 0.269 e. The first-order valence-electron chi connectivity index (χ1n) is 9.62. The number of rotatable bonds is 7. The van der Waals surface area contributed by atoms with Crippen molar-refractivity contribution in [1.29, 1.82) is 0 Å². The van der Waals surface area contributed by atoms with Gasteiger partial charge in [-0.25, -0.2) is 4.99 Å². The first kappa shape index (κ1) is 24.4. The predicted molar refractivity (Wildman–Crippen MR) is 130 cm³/mol. The molecule has 2 aromatic rings. The van der Waals surface area contributed by atoms with E-state index in [1.165, 1.54) is 12.1 Å². The monoisotopic (exact) mass is 544 g/mol. The summed E-state index contributed by atoms with van der Waals surface area (Å²) in [4.78, 5) is 15.1. The number of non-ortho nitro benzene ring substituents is 1. The van der Waals surface area contributed by atoms with E-state index in [-0.39, 0.29) is 35.7 Å². The molecule has 0 aliphatic carbocycles. The molecule has 2 unspecified atom stereocenters. The van der Waals surface area contributed by atoms with E-state index in [1.807, 2.05) is 24.3 Å². The van der Waals surface area contributed by atoms with Crippen LogP contribution in [-0.2, 0) is 11.3 Å². The summed E-state index contributed by atoms with van der Waals surface area (Å²) < 4.78 is 5.44. The number of benzene rings is 2. The summed E-state index contributed by atoms with van der Waals surface area (Å²) in [7, 11) is 0. The Labute approximate surface area is 198 Å². The van der Waals surface area contributed by atoms with Gasteiger partial charge in [0.05, 0.1) is 24.1 Å². The van der Waals surface area contributed by atoms with Crippen molar-refractivity contribution >= 4 is 47.2 Å². The number of hydrogen-bond acceptors (Lipinski definition) is 4. The average molecular weight is 545 g/mol. The Bertz CT molecular complexity index is 840. The van der Waals surface area contributed by atoms with Crippen molar-refractivity contribution in [2.45, 2.75) is 25.9 Å². The Morgan fingerprint density at radius 3 is 2.57 bits per heavy atom. The van der Waals surface area contributed by atoms with Crippen LogP contribution in [0.15, 0.2) is 53.5 Å². The summed E-state index contributed by atoms with van der Waals surface area (Å²) in [5, 5.41) is 18.3. The Balaban J connectivity index is 0.00000320. The number of nitro groups is 1. The van der Waals surface area contributed by atoms with Crippen molar-refractivity contribution in [3.05, 3.63) is 74.8 Å². The quantitative estimate of drug-likeness (QED) is 0.173. The van der Waals surface area contributed by atoms with Gasteiger partial charge in [0.25, 0.3) is 5.69 Å². The van der Waals surface area contributed by atoms with E-state index < -0.39 is 4.92 Å². The summed E-state index contributed by atoms with van der Waals surface area (Å²) in [5.74, 6) is 1.16. The molecule has 0 amide bonds. The Hall–Kier alpha value is -1.91. The van der Waals surface area contributed by atoms with Crippen molar-refractivity contribution in [2.24, 2.45) is 10.9 Å². The predicted octanol–water partition coefficient (Wildman–Crippen LogP) is 4.70. The summed E-state index contributed by atoms with van der Waals surface area (Å²) in [5.41, 5.74) is 2.08. The first-order valence-corrected chi connectivity index (χ1v) is 10.0. The van der Waals surface area contributed by atoms with Crippen molar-refractivity contribution in [2.75, 3.05) is 19.8 Å². The number of halogens is 2. The summed E-state index contributed by atoms with van der Waals surface area (Å²) >= 11 is 5.98. The molecule has 0 spiro atoms. The fourth-order valence-corrected chi connectivity index (χ4v) is 3.20. The van der Waals surface area contributed by atoms with E-state index in [9.17, 15) is 10.1 Å². The number of nitrogens with one attached hydrogen (secondary N) is 2. The highest BCUT2D eigenvalue weighted by molar-refractivity contribution is 14.0. The van der Waals surface area contributed by atoms with Gasteiger partial charge in [0.15, 0.2) is 5.96 Å². The summed E-state index contributed by atoms with van der Waals surface area (Å²) in [6, 6.07) is 14.2. The normalized spacial score (nSPS) is 17.1. The second-order valence-corrected chi connectivity index (χ2v) is 7.55. The lowest BCUT2D eigenvalue weighted by molar-refractivity contribution is -0.384. The molecule has 2 aromatic carbocycles. The molecule has 2 N–H and O–H groups in total. The summed E-state index contributed by atoms with van der Waals surface area (Å²) in [6.07, 6.45) is 1.04. The van der Waals surface area contributed by atoms with Gasteiger partial charge < -0.3 is 15.4 Å². The second-order valence-electron chi connectivity index (χ2n) is 7.12. The van der Waals surface area contributed by atoms with Gasteiger partial charge >= 0.3 is 0 Å². The molecule has 9 heteroatoms. The number of hydrogen-bond donors (Lipinski definition) is 2. The van der Waals surface area contributed by atoms with Crippen LogP contribution >= 0.6 is 35.6 Å². The van der Waals surface area contributed by atoms with Crippen LogP contribution in [0.5, 0.6) is 0 Å². The lowest BCUT2D eigenvalue weighted by Gasteiger charge is -2.20. The van der Waals surface area contributed by atoms with Crippen LogP contribution in [-0.4, -0.2) is 30.6 Å². The molecule has 7 nitrogen and oxygen atoms in total. The topological polar surface area (TPSA) is 88.8 Å². The van der Waals surface area contributed by atoms with Crippen LogP contribution in [0.1, 0.15) is 30.5 Å². The highest BCUT2D eigenvalue weighted by atomic mass is 127. The Morgan fingerprint density at radius 2 is 1.97 bits per heavy atom. The van der Waals surface area contributed by atoms with Crippen LogP contribution in [0.2, 0.25) is 5.02 Å². The standard InChI is InChI=1S/C21H25ClN4O3.HI/c1-15(18-4-6-19(22)7-5-18)25-21(24-13-17-10-11-29-14-17)23-12-16-2-8-20(9-3-16)26(27)28;/h2-9,15,17H,10-14H2,1H3,(H2,23,24,25);1H. The minimum atomic E-state index is -0.404. The molecule has 0 saturated carbocycles. The fourth-order valence-electron chi connectivity index (χ4n) is 3.07. The van der Waals surface area contributed by atoms with Crippen LogP contribution in [0.25, 0.3) is 0 Å². The Kier molecular flexibility index (Phi) is 9.80. The largest absolute Gasteiger partial charge is 0.381 e. The first-order chi connectivity index (χ1) is 14.0. The van der Waals surface area contributed by atoms with E-state index >= 15 is 0 Å². The molecule has 30 heavy (non-hydrogen) atoms. The van der Waals surface area contributed by atoms with Gasteiger partial charge in [-0.2, -0.15) is 0 Å². The van der Waals surface area contributed by atoms with Gasteiger partial charge in [-0.1, -0.05) is 35.9 Å². The molecule has 0 aromatic heterocycles. The summed E-state index contributed by atoms with van der Waals surface area (Å²) in [6.45, 7) is 4.82. The maximum Gasteiger partial charge on any atom is 0.269 e. The van der Waals surface area contributed by atoms with E-state index in [1.54, 1.807) is 12.1 Å². The molecule has 1 fully saturated rings. The minimum Gasteiger partial charge on any atom is -0.381 e. The molecule has 1 aliphatic rings. The third kappa shape index (κ3) is 7.41. The number of ether oxygens (including phenoxy) is 1. The molecular weight excluding hydrogens is 519 g/mol. The molecule has 0 radical (unpaired) electrons. The maximum absolute atomic E-state index is 10.8. The zero-order valence-electron chi connectivity index (χ0n) is 16.7. The number of guanidine groups is 1. The van der Waals surface area contributed by atoms with E-state index in [2.05, 4.69) is 22.5 Å². The van der Waals surface area contributed by atoms with Crippen LogP contribution in [0.4, 0.5) is 5.69 Å². The third-order valence-electron chi connectivity index (χ3n) is 4.87. The average Bonchev–Trinajstić information content (AvgIpc) is 3.24. The van der Waals surface area contributed by atoms with Crippen molar-refractivity contribution in [1.82, 2.24) is 10.6 Å². The zero-order chi connectivity index (χ0) is 20.6. The fraction of sp³-hybridized carbons (Fsp3) is 0.381. The molecular formula is C21H26ClIN4O3. The molecule has 3 rings (SSSR count). The van der Waals surface area contributed by atoms with Gasteiger partial charge in [-0.15, -0.1) is 24.0 Å². The van der Waals surface area contributed by atoms with Gasteiger partial charge in [-0.3, -0.25) is 10.1 Å². The molecule has 0 bridgehead atoms. The second kappa shape index (κ2) is 12.1. The lowest BCUT2D eigenvalue weighted by Crippen LogP contribution is -2.41. The highest BCUT2D eigenvalue weighted by Gasteiger charge is 2.16. The van der Waals surface area contributed by atoms with Crippen molar-refractivity contribution in [3.8, 4) is 0 Å². The zero-order valence-corrected chi connectivity index (χ0v) is 19.8. The molecule has 1 heterocycles. The number of nitrogens with zero attached hydrogens (tertiary/aromatic N) is 2. The van der Waals surface area contributed by atoms with Crippen LogP contribution in [0.3, 0.4) is 0 Å². The van der Waals surface area contributed by atoms with Crippen molar-refractivity contribution < 1.29 is 9.66 Å². The van der Waals surface area contributed by atoms with E-state index in [4.69, 9.17) is 16.3 Å². The maximum atomic E-state index is 10.8. The van der Waals surface area contributed by atoms with E-state index in [0.717, 1.165) is 37.3 Å². The molecule has 2 atom stereocenters. The van der Waals surface area contributed by atoms with Crippen molar-refractivity contribution in [3.63, 3.8) is 0 Å². The number of aliphatic imine (C=N–C) groups is 1. The Morgan fingerprint density at radius 1 is 1.27 bits per heavy atom. The third-order valence-corrected chi connectivity index (χ3v) is 5.12. The van der Waals surface area contributed by atoms with Gasteiger partial charge in [0, 0.05) is 36.2 Å².